The number of carbonyl (C=O) groups is 3. The fourth-order valence-corrected chi connectivity index (χ4v) is 11.2. The van der Waals surface area contributed by atoms with E-state index < -0.39 is 24.3 Å². The van der Waals surface area contributed by atoms with Crippen molar-refractivity contribution < 1.29 is 42.9 Å². The van der Waals surface area contributed by atoms with Gasteiger partial charge in [-0.1, -0.05) is 337 Å². The summed E-state index contributed by atoms with van der Waals surface area (Å²) in [6.45, 7) is 4.68. The van der Waals surface area contributed by atoms with Crippen LogP contribution in [0.3, 0.4) is 0 Å². The molecule has 9 heteroatoms. The van der Waals surface area contributed by atoms with E-state index in [1.807, 2.05) is 21.1 Å². The first kappa shape index (κ1) is 85.7. The number of likely N-dealkylation sites (N-methyl/N-ethyl adjacent to an activating group) is 1. The largest absolute Gasteiger partial charge is 0.545 e. The number of ether oxygens (including phenoxy) is 4. The van der Waals surface area contributed by atoms with Crippen molar-refractivity contribution in [2.45, 2.75) is 373 Å². The lowest BCUT2D eigenvalue weighted by atomic mass is 10.0. The van der Waals surface area contributed by atoms with E-state index in [1.54, 1.807) is 0 Å². The summed E-state index contributed by atoms with van der Waals surface area (Å²) in [5.74, 6) is -2.26. The molecule has 0 amide bonds. The van der Waals surface area contributed by atoms with Crippen molar-refractivity contribution in [3.8, 4) is 0 Å². The first-order chi connectivity index (χ1) is 43.6. The normalized spacial score (nSPS) is 13.0. The highest BCUT2D eigenvalue weighted by molar-refractivity contribution is 5.70. The van der Waals surface area contributed by atoms with Crippen LogP contribution in [0, 0.1) is 0 Å². The molecule has 0 aromatic heterocycles. The van der Waals surface area contributed by atoms with E-state index in [1.165, 1.54) is 263 Å². The van der Waals surface area contributed by atoms with Crippen molar-refractivity contribution in [1.82, 2.24) is 0 Å². The molecule has 0 aromatic rings. The molecule has 9 nitrogen and oxygen atoms in total. The van der Waals surface area contributed by atoms with Crippen LogP contribution in [0.1, 0.15) is 361 Å². The number of carboxylic acid groups (broad SMARTS) is 1. The summed E-state index contributed by atoms with van der Waals surface area (Å²) in [6.07, 6.45) is 91.5. The summed E-state index contributed by atoms with van der Waals surface area (Å²) in [6, 6.07) is 0. The van der Waals surface area contributed by atoms with Crippen LogP contribution in [0.2, 0.25) is 0 Å². The molecule has 0 saturated heterocycles. The van der Waals surface area contributed by atoms with E-state index in [0.717, 1.165) is 64.2 Å². The predicted octanol–water partition coefficient (Wildman–Crippen LogP) is 22.7. The molecule has 2 unspecified atom stereocenters. The van der Waals surface area contributed by atoms with Gasteiger partial charge in [0.05, 0.1) is 40.3 Å². The molecule has 0 heterocycles. The zero-order chi connectivity index (χ0) is 64.7. The number of quaternary nitrogens is 1. The van der Waals surface area contributed by atoms with Gasteiger partial charge in [-0.3, -0.25) is 9.59 Å². The zero-order valence-electron chi connectivity index (χ0n) is 59.3. The molecule has 0 rings (SSSR count). The summed E-state index contributed by atoms with van der Waals surface area (Å²) in [7, 11) is 5.94. The van der Waals surface area contributed by atoms with Crippen molar-refractivity contribution in [2.75, 3.05) is 47.5 Å². The first-order valence-corrected chi connectivity index (χ1v) is 38.1. The van der Waals surface area contributed by atoms with Gasteiger partial charge in [-0.2, -0.15) is 0 Å². The van der Waals surface area contributed by atoms with Gasteiger partial charge in [0.1, 0.15) is 13.2 Å². The predicted molar refractivity (Wildman–Crippen MR) is 380 cm³/mol. The lowest BCUT2D eigenvalue weighted by Crippen LogP contribution is -2.44. The number of hydrogen-bond donors (Lipinski definition) is 0. The van der Waals surface area contributed by atoms with E-state index in [9.17, 15) is 19.5 Å². The zero-order valence-corrected chi connectivity index (χ0v) is 59.3. The van der Waals surface area contributed by atoms with E-state index >= 15 is 0 Å². The van der Waals surface area contributed by atoms with Gasteiger partial charge in [-0.05, 0) is 83.5 Å². The molecule has 0 spiro atoms. The van der Waals surface area contributed by atoms with Crippen molar-refractivity contribution in [3.63, 3.8) is 0 Å². The molecule has 2 atom stereocenters. The third kappa shape index (κ3) is 72.0. The molecule has 89 heavy (non-hydrogen) atoms. The molecule has 0 aromatic carbocycles. The minimum atomic E-state index is -1.62. The van der Waals surface area contributed by atoms with Crippen molar-refractivity contribution in [3.05, 3.63) is 72.9 Å². The minimum absolute atomic E-state index is 0.148. The van der Waals surface area contributed by atoms with Crippen LogP contribution in [0.4, 0.5) is 0 Å². The fraction of sp³-hybridized carbons (Fsp3) is 0.812. The summed E-state index contributed by atoms with van der Waals surface area (Å²) >= 11 is 0. The molecule has 0 N–H and O–H groups in total. The minimum Gasteiger partial charge on any atom is -0.545 e. The number of carboxylic acids is 1. The Hall–Kier alpha value is -3.27. The second kappa shape index (κ2) is 70.6. The maximum Gasteiger partial charge on any atom is 0.306 e. The van der Waals surface area contributed by atoms with Gasteiger partial charge in [0, 0.05) is 12.8 Å². The topological polar surface area (TPSA) is 111 Å². The summed E-state index contributed by atoms with van der Waals surface area (Å²) in [5.41, 5.74) is 0. The third-order valence-electron chi connectivity index (χ3n) is 16.9. The Bertz CT molecular complexity index is 1690. The number of rotatable bonds is 71. The van der Waals surface area contributed by atoms with Crippen molar-refractivity contribution in [1.29, 1.82) is 0 Å². The molecular weight excluding hydrogens is 1100 g/mol. The number of hydrogen-bond acceptors (Lipinski definition) is 8. The van der Waals surface area contributed by atoms with Crippen molar-refractivity contribution in [2.24, 2.45) is 0 Å². The molecule has 0 aliphatic carbocycles. The van der Waals surface area contributed by atoms with Gasteiger partial charge in [0.2, 0.25) is 0 Å². The highest BCUT2D eigenvalue weighted by atomic mass is 16.7. The average molecular weight is 1250 g/mol. The molecule has 0 radical (unpaired) electrons. The second-order valence-electron chi connectivity index (χ2n) is 26.9. The third-order valence-corrected chi connectivity index (χ3v) is 16.9. The van der Waals surface area contributed by atoms with Crippen LogP contribution < -0.4 is 5.11 Å². The molecule has 0 aliphatic heterocycles. The highest BCUT2D eigenvalue weighted by Crippen LogP contribution is 2.19. The van der Waals surface area contributed by atoms with Gasteiger partial charge < -0.3 is 33.3 Å². The van der Waals surface area contributed by atoms with Gasteiger partial charge in [-0.15, -0.1) is 0 Å². The fourth-order valence-electron chi connectivity index (χ4n) is 11.2. The molecule has 0 saturated carbocycles. The smallest absolute Gasteiger partial charge is 0.306 e. The Labute approximate surface area is 551 Å². The number of unbranched alkanes of at least 4 members (excludes halogenated alkanes) is 44. The van der Waals surface area contributed by atoms with E-state index in [-0.39, 0.29) is 32.2 Å². The van der Waals surface area contributed by atoms with Gasteiger partial charge in [-0.25, -0.2) is 0 Å². The first-order valence-electron chi connectivity index (χ1n) is 38.1. The Morgan fingerprint density at radius 2 is 0.640 bits per heavy atom. The number of carbonyl (C=O) groups excluding carboxylic acids is 3. The molecule has 518 valence electrons. The SMILES string of the molecule is CC/C=C\C/C=C\C/C=C\C/C=C\CCCCCCCCCCCCCCCCCCC(=O)OC(COC(=O)CCCCCCCCCCCCCCCCCCCCCCCCC/C=C\C/C=C\CCCCCCC)COC(OCC[N+](C)(C)C)C(=O)[O-]. The molecule has 0 bridgehead atoms. The maximum absolute atomic E-state index is 13.0. The molecule has 0 fully saturated rings. The highest BCUT2D eigenvalue weighted by Gasteiger charge is 2.22. The van der Waals surface area contributed by atoms with Crippen LogP contribution in [0.25, 0.3) is 0 Å². The Morgan fingerprint density at radius 3 is 0.955 bits per heavy atom. The van der Waals surface area contributed by atoms with Crippen LogP contribution in [-0.2, 0) is 33.3 Å². The summed E-state index contributed by atoms with van der Waals surface area (Å²) < 4.78 is 22.9. The maximum atomic E-state index is 13.0. The summed E-state index contributed by atoms with van der Waals surface area (Å²) in [4.78, 5) is 37.6. The summed E-state index contributed by atoms with van der Waals surface area (Å²) in [5, 5.41) is 11.8. The number of aliphatic carboxylic acids is 1. The Balaban J connectivity index is 4.01. The quantitative estimate of drug-likeness (QED) is 0.0195. The lowest BCUT2D eigenvalue weighted by molar-refractivity contribution is -0.870. The van der Waals surface area contributed by atoms with Crippen LogP contribution in [0.15, 0.2) is 72.9 Å². The lowest BCUT2D eigenvalue weighted by Gasteiger charge is -2.26. The van der Waals surface area contributed by atoms with Crippen LogP contribution >= 0.6 is 0 Å². The average Bonchev–Trinajstić information content (AvgIpc) is 3.71. The molecule has 0 aliphatic rings. The van der Waals surface area contributed by atoms with Crippen molar-refractivity contribution >= 4 is 17.9 Å². The number of allylic oxidation sites excluding steroid dienone is 12. The molecular formula is C80H145NO8. The van der Waals surface area contributed by atoms with E-state index in [0.29, 0.717) is 23.9 Å². The number of esters is 2. The van der Waals surface area contributed by atoms with Crippen LogP contribution in [0.5, 0.6) is 0 Å². The van der Waals surface area contributed by atoms with E-state index in [4.69, 9.17) is 18.9 Å². The monoisotopic (exact) mass is 1250 g/mol. The van der Waals surface area contributed by atoms with Gasteiger partial charge >= 0.3 is 11.9 Å². The number of nitrogens with zero attached hydrogens (tertiary/aromatic N) is 1. The second-order valence-corrected chi connectivity index (χ2v) is 26.9. The Kier molecular flexibility index (Phi) is 68.0. The van der Waals surface area contributed by atoms with Gasteiger partial charge in [0.25, 0.3) is 0 Å². The Morgan fingerprint density at radius 1 is 0.348 bits per heavy atom. The van der Waals surface area contributed by atoms with Gasteiger partial charge in [0.15, 0.2) is 12.4 Å². The van der Waals surface area contributed by atoms with E-state index in [2.05, 4.69) is 86.8 Å². The van der Waals surface area contributed by atoms with Crippen LogP contribution in [-0.4, -0.2) is 82.3 Å². The standard InChI is InChI=1S/C80H145NO8/c1-6-8-10-12-14-16-18-20-22-24-26-28-30-32-34-36-37-38-39-40-41-43-44-46-48-50-52-54-56-58-60-62-64-66-68-70-77(82)87-74-76(75-88-80(79(84)85)86-73-72-81(3,4)5)89-78(83)71-69-67-65-63-61-59-57-55-53-51-49-47-45-42-35-33-31-29-27-25-23-21-19-17-15-13-11-9-7-2/h9,11,15,17-18,20-21,23-24,26-27,29,76,80H,6-8,10,12-14,16,19,22,25,28,30-75H2,1-5H3/b11-9-,17-15-,20-18-,23-21-,26-24-,29-27-.